The second-order valence-electron chi connectivity index (χ2n) is 12.3. The van der Waals surface area contributed by atoms with Gasteiger partial charge < -0.3 is 14.2 Å². The highest BCUT2D eigenvalue weighted by Gasteiger charge is 2.45. The summed E-state index contributed by atoms with van der Waals surface area (Å²) in [6.45, 7) is 1.56. The molecule has 3 unspecified atom stereocenters. The Bertz CT molecular complexity index is 2110. The molecule has 0 bridgehead atoms. The number of halogens is 2. The summed E-state index contributed by atoms with van der Waals surface area (Å²) in [5.41, 5.74) is 5.13. The first kappa shape index (κ1) is 34.5. The Labute approximate surface area is 309 Å². The van der Waals surface area contributed by atoms with E-state index in [2.05, 4.69) is 11.2 Å². The molecule has 1 saturated carbocycles. The van der Waals surface area contributed by atoms with Crippen molar-refractivity contribution in [1.82, 2.24) is 14.8 Å². The van der Waals surface area contributed by atoms with E-state index in [4.69, 9.17) is 42.5 Å². The van der Waals surface area contributed by atoms with Crippen LogP contribution in [0.2, 0.25) is 10.0 Å². The number of hydrogen-bond acceptors (Lipinski definition) is 8. The summed E-state index contributed by atoms with van der Waals surface area (Å²) >= 11 is 14.1. The van der Waals surface area contributed by atoms with E-state index < -0.39 is 24.0 Å². The number of rotatable bonds is 9. The topological polar surface area (TPSA) is 95.2 Å². The molecule has 260 valence electrons. The molecule has 0 N–H and O–H groups in total. The van der Waals surface area contributed by atoms with Crippen LogP contribution in [0.1, 0.15) is 53.8 Å². The van der Waals surface area contributed by atoms with E-state index in [-0.39, 0.29) is 11.6 Å². The first-order chi connectivity index (χ1) is 24.7. The number of carbonyl (C=O) groups excluding carboxylic acids is 2. The van der Waals surface area contributed by atoms with Crippen LogP contribution in [0.25, 0.3) is 22.3 Å². The summed E-state index contributed by atoms with van der Waals surface area (Å²) in [6.07, 6.45) is 3.59. The number of hydrogen-bond donors (Lipinski definition) is 0. The van der Waals surface area contributed by atoms with Gasteiger partial charge in [0, 0.05) is 22.0 Å². The number of nitrogens with zero attached hydrogens (tertiary/aromatic N) is 4. The van der Waals surface area contributed by atoms with Crippen LogP contribution < -0.4 is 9.47 Å². The molecule has 2 aromatic heterocycles. The summed E-state index contributed by atoms with van der Waals surface area (Å²) in [4.78, 5) is 28.8. The SMILES string of the molecule is COc1ccc(/C=C2/CCCC3C2=NN(C(=O)C(C)OC(=O)c2cc(-c4cccs4)n(-c4cc(Cl)cc(Cl)c4)n2)C3c2ccc(OC)cc2)cc1. The molecular formula is C39H34Cl2N4O5S. The molecule has 3 atom stereocenters. The summed E-state index contributed by atoms with van der Waals surface area (Å²) in [5, 5.41) is 13.8. The van der Waals surface area contributed by atoms with E-state index in [1.54, 1.807) is 50.1 Å². The van der Waals surface area contributed by atoms with Gasteiger partial charge in [-0.2, -0.15) is 10.2 Å². The van der Waals surface area contributed by atoms with E-state index in [1.807, 2.05) is 66.0 Å². The molecule has 7 rings (SSSR count). The number of amides is 1. The lowest BCUT2D eigenvalue weighted by Gasteiger charge is -2.30. The fourth-order valence-electron chi connectivity index (χ4n) is 6.61. The third-order valence-electron chi connectivity index (χ3n) is 9.06. The Morgan fingerprint density at radius 1 is 0.941 bits per heavy atom. The number of aromatic nitrogens is 2. The third kappa shape index (κ3) is 7.17. The zero-order valence-electron chi connectivity index (χ0n) is 28.1. The van der Waals surface area contributed by atoms with Crippen molar-refractivity contribution in [3.63, 3.8) is 0 Å². The Balaban J connectivity index is 1.19. The third-order valence-corrected chi connectivity index (χ3v) is 10.4. The largest absolute Gasteiger partial charge is 0.497 e. The lowest BCUT2D eigenvalue weighted by atomic mass is 9.77. The van der Waals surface area contributed by atoms with Crippen molar-refractivity contribution >= 4 is 58.2 Å². The highest BCUT2D eigenvalue weighted by Crippen LogP contribution is 2.45. The van der Waals surface area contributed by atoms with Gasteiger partial charge in [-0.15, -0.1) is 11.3 Å². The zero-order valence-corrected chi connectivity index (χ0v) is 30.4. The maximum Gasteiger partial charge on any atom is 0.359 e. The van der Waals surface area contributed by atoms with Crippen molar-refractivity contribution < 1.29 is 23.8 Å². The number of thiophene rings is 1. The summed E-state index contributed by atoms with van der Waals surface area (Å²) in [5.74, 6) is 0.265. The molecule has 0 spiro atoms. The van der Waals surface area contributed by atoms with Gasteiger partial charge in [-0.1, -0.05) is 53.5 Å². The van der Waals surface area contributed by atoms with Crippen LogP contribution >= 0.6 is 34.5 Å². The van der Waals surface area contributed by atoms with Gasteiger partial charge in [-0.25, -0.2) is 14.5 Å². The Morgan fingerprint density at radius 2 is 1.63 bits per heavy atom. The Kier molecular flexibility index (Phi) is 9.99. The first-order valence-electron chi connectivity index (χ1n) is 16.4. The number of benzene rings is 3. The van der Waals surface area contributed by atoms with Crippen molar-refractivity contribution in [2.45, 2.75) is 38.3 Å². The Morgan fingerprint density at radius 3 is 2.27 bits per heavy atom. The molecule has 3 aromatic carbocycles. The maximum absolute atomic E-state index is 14.3. The van der Waals surface area contributed by atoms with Crippen LogP contribution in [0.4, 0.5) is 0 Å². The predicted molar refractivity (Wildman–Crippen MR) is 200 cm³/mol. The quantitative estimate of drug-likeness (QED) is 0.140. The van der Waals surface area contributed by atoms with Crippen LogP contribution in [0.15, 0.2) is 101 Å². The molecule has 5 aromatic rings. The van der Waals surface area contributed by atoms with E-state index in [0.717, 1.165) is 52.3 Å². The second-order valence-corrected chi connectivity index (χ2v) is 14.1. The number of fused-ring (bicyclic) bond motifs is 1. The van der Waals surface area contributed by atoms with Crippen LogP contribution in [0, 0.1) is 5.92 Å². The molecular weight excluding hydrogens is 707 g/mol. The molecule has 3 heterocycles. The van der Waals surface area contributed by atoms with E-state index in [9.17, 15) is 9.59 Å². The second kappa shape index (κ2) is 14.8. The standard InChI is InChI=1S/C39H34Cl2N4O5S/c1-23(50-39(47)33-22-34(35-8-5-17-51-35)44(42-33)29-20-27(40)19-28(41)21-29)38(46)45-37(25-11-15-31(49-3)16-12-25)32-7-4-6-26(36(32)43-45)18-24-9-13-30(48-2)14-10-24/h5,8-23,32,37H,4,6-7H2,1-3H3/b26-18-. The van der Waals surface area contributed by atoms with Crippen LogP contribution in [-0.2, 0) is 9.53 Å². The summed E-state index contributed by atoms with van der Waals surface area (Å²) < 4.78 is 18.2. The van der Waals surface area contributed by atoms with Gasteiger partial charge in [0.2, 0.25) is 0 Å². The molecule has 1 amide bonds. The number of esters is 1. The van der Waals surface area contributed by atoms with Crippen LogP contribution in [-0.4, -0.2) is 52.7 Å². The van der Waals surface area contributed by atoms with E-state index >= 15 is 0 Å². The fourth-order valence-corrected chi connectivity index (χ4v) is 7.86. The smallest absolute Gasteiger partial charge is 0.359 e. The molecule has 12 heteroatoms. The lowest BCUT2D eigenvalue weighted by Crippen LogP contribution is -2.39. The van der Waals surface area contributed by atoms with Gasteiger partial charge in [-0.3, -0.25) is 4.79 Å². The van der Waals surface area contributed by atoms with Crippen LogP contribution in [0.5, 0.6) is 11.5 Å². The van der Waals surface area contributed by atoms with E-state index in [1.165, 1.54) is 16.3 Å². The first-order valence-corrected chi connectivity index (χ1v) is 18.1. The van der Waals surface area contributed by atoms with Gasteiger partial charge in [0.25, 0.3) is 5.91 Å². The molecule has 1 fully saturated rings. The fraction of sp³-hybridized carbons (Fsp3) is 0.231. The van der Waals surface area contributed by atoms with Crippen molar-refractivity contribution in [3.05, 3.63) is 123 Å². The van der Waals surface area contributed by atoms with Gasteiger partial charge in [0.05, 0.1) is 42.2 Å². The average molecular weight is 742 g/mol. The van der Waals surface area contributed by atoms with Crippen molar-refractivity contribution in [3.8, 4) is 27.8 Å². The summed E-state index contributed by atoms with van der Waals surface area (Å²) in [7, 11) is 3.26. The minimum absolute atomic E-state index is 0.0342. The minimum atomic E-state index is -1.16. The number of hydrazone groups is 1. The number of allylic oxidation sites excluding steroid dienone is 1. The molecule has 1 aliphatic heterocycles. The lowest BCUT2D eigenvalue weighted by molar-refractivity contribution is -0.142. The summed E-state index contributed by atoms with van der Waals surface area (Å²) in [6, 6.07) is 25.7. The molecule has 2 aliphatic rings. The molecule has 1 aliphatic carbocycles. The van der Waals surface area contributed by atoms with Gasteiger partial charge in [0.15, 0.2) is 11.8 Å². The van der Waals surface area contributed by atoms with Crippen molar-refractivity contribution in [2.75, 3.05) is 14.2 Å². The van der Waals surface area contributed by atoms with Crippen molar-refractivity contribution in [1.29, 1.82) is 0 Å². The van der Waals surface area contributed by atoms with Gasteiger partial charge >= 0.3 is 5.97 Å². The van der Waals surface area contributed by atoms with E-state index in [0.29, 0.717) is 27.2 Å². The number of methoxy groups -OCH3 is 2. The average Bonchev–Trinajstić information content (AvgIpc) is 3.91. The zero-order chi connectivity index (χ0) is 35.6. The number of ether oxygens (including phenoxy) is 3. The molecule has 9 nitrogen and oxygen atoms in total. The molecule has 0 radical (unpaired) electrons. The Hall–Kier alpha value is -4.90. The molecule has 51 heavy (non-hydrogen) atoms. The normalized spacial score (nSPS) is 18.3. The molecule has 0 saturated heterocycles. The highest BCUT2D eigenvalue weighted by molar-refractivity contribution is 7.13. The highest BCUT2D eigenvalue weighted by atomic mass is 35.5. The van der Waals surface area contributed by atoms with Crippen LogP contribution in [0.3, 0.4) is 0 Å². The number of carbonyl (C=O) groups is 2. The van der Waals surface area contributed by atoms with Gasteiger partial charge in [0.1, 0.15) is 11.5 Å². The minimum Gasteiger partial charge on any atom is -0.497 e. The van der Waals surface area contributed by atoms with Crippen molar-refractivity contribution in [2.24, 2.45) is 11.0 Å². The monoisotopic (exact) mass is 740 g/mol. The van der Waals surface area contributed by atoms with Gasteiger partial charge in [-0.05, 0) is 103 Å². The predicted octanol–water partition coefficient (Wildman–Crippen LogP) is 9.29. The maximum atomic E-state index is 14.3.